The van der Waals surface area contributed by atoms with E-state index in [1.54, 1.807) is 18.2 Å². The highest BCUT2D eigenvalue weighted by Crippen LogP contribution is 2.30. The van der Waals surface area contributed by atoms with Crippen LogP contribution in [0.2, 0.25) is 0 Å². The van der Waals surface area contributed by atoms with Gasteiger partial charge in [-0.15, -0.1) is 0 Å². The van der Waals surface area contributed by atoms with Crippen molar-refractivity contribution in [3.8, 4) is 0 Å². The molecule has 1 aliphatic rings. The van der Waals surface area contributed by atoms with Gasteiger partial charge in [-0.1, -0.05) is 42.5 Å². The maximum Gasteiger partial charge on any atom is 0.335 e. The summed E-state index contributed by atoms with van der Waals surface area (Å²) >= 11 is 0. The number of anilines is 2. The van der Waals surface area contributed by atoms with Crippen molar-refractivity contribution in [2.45, 2.75) is 19.4 Å². The van der Waals surface area contributed by atoms with Crippen LogP contribution in [0.25, 0.3) is 0 Å². The Morgan fingerprint density at radius 1 is 0.897 bits per heavy atom. The lowest BCUT2D eigenvalue weighted by atomic mass is 9.82. The highest BCUT2D eigenvalue weighted by Gasteiger charge is 2.34. The predicted octanol–water partition coefficient (Wildman–Crippen LogP) is 3.60. The molecule has 0 heterocycles. The van der Waals surface area contributed by atoms with Gasteiger partial charge in [-0.2, -0.15) is 0 Å². The number of carbonyl (C=O) groups is 3. The molecule has 0 radical (unpaired) electrons. The molecular weight excluding hydrogens is 372 g/mol. The van der Waals surface area contributed by atoms with Gasteiger partial charge in [0.25, 0.3) is 0 Å². The fraction of sp³-hybridized carbons (Fsp3) is 0.227. The number of carbonyl (C=O) groups excluding carboxylic acids is 1. The zero-order valence-electron chi connectivity index (χ0n) is 15.7. The first-order valence-corrected chi connectivity index (χ1v) is 9.29. The average Bonchev–Trinajstić information content (AvgIpc) is 2.73. The number of allylic oxidation sites excluding steroid dienone is 2. The van der Waals surface area contributed by atoms with Gasteiger partial charge in [-0.3, -0.25) is 9.59 Å². The van der Waals surface area contributed by atoms with Crippen molar-refractivity contribution < 1.29 is 24.6 Å². The number of aromatic carboxylic acids is 1. The van der Waals surface area contributed by atoms with Crippen molar-refractivity contribution in [2.75, 3.05) is 10.6 Å². The molecule has 0 spiro atoms. The van der Waals surface area contributed by atoms with Crippen molar-refractivity contribution >= 4 is 29.2 Å². The van der Waals surface area contributed by atoms with Gasteiger partial charge in [0, 0.05) is 6.54 Å². The minimum atomic E-state index is -1.11. The molecule has 7 heteroatoms. The standard InChI is InChI=1S/C22H22N2O5/c25-20(16-8-4-5-9-17(16)22(28)29)24-19-12-15(21(26)27)10-11-18(19)23-13-14-6-2-1-3-7-14/h1-7,10-12,16-17,23H,8-9,13H2,(H,24,25)(H,26,27)(H,28,29)/t16-,17-/m0/s1. The third-order valence-electron chi connectivity index (χ3n) is 4.94. The van der Waals surface area contributed by atoms with Crippen LogP contribution in [0.3, 0.4) is 0 Å². The van der Waals surface area contributed by atoms with Gasteiger partial charge in [0.2, 0.25) is 5.91 Å². The smallest absolute Gasteiger partial charge is 0.335 e. The number of aliphatic carboxylic acids is 1. The zero-order valence-corrected chi connectivity index (χ0v) is 15.7. The molecule has 0 aromatic heterocycles. The molecule has 29 heavy (non-hydrogen) atoms. The van der Waals surface area contributed by atoms with E-state index >= 15 is 0 Å². The van der Waals surface area contributed by atoms with E-state index in [4.69, 9.17) is 0 Å². The van der Waals surface area contributed by atoms with Crippen LogP contribution in [0.1, 0.15) is 28.8 Å². The summed E-state index contributed by atoms with van der Waals surface area (Å²) in [7, 11) is 0. The summed E-state index contributed by atoms with van der Waals surface area (Å²) in [6.07, 6.45) is 4.18. The van der Waals surface area contributed by atoms with Crippen LogP contribution in [0, 0.1) is 11.8 Å². The largest absolute Gasteiger partial charge is 0.481 e. The minimum absolute atomic E-state index is 0.0314. The first-order valence-electron chi connectivity index (χ1n) is 9.29. The number of carboxylic acids is 2. The molecule has 3 rings (SSSR count). The van der Waals surface area contributed by atoms with Crippen LogP contribution in [0.4, 0.5) is 11.4 Å². The zero-order chi connectivity index (χ0) is 20.8. The Labute approximate surface area is 168 Å². The van der Waals surface area contributed by atoms with Crippen molar-refractivity contribution in [1.29, 1.82) is 0 Å². The van der Waals surface area contributed by atoms with Crippen LogP contribution in [0.15, 0.2) is 60.7 Å². The predicted molar refractivity (Wildman–Crippen MR) is 109 cm³/mol. The number of nitrogens with one attached hydrogen (secondary N) is 2. The van der Waals surface area contributed by atoms with Crippen LogP contribution in [0.5, 0.6) is 0 Å². The Kier molecular flexibility index (Phi) is 6.29. The van der Waals surface area contributed by atoms with E-state index < -0.39 is 29.7 Å². The lowest BCUT2D eigenvalue weighted by molar-refractivity contribution is -0.146. The van der Waals surface area contributed by atoms with E-state index in [-0.39, 0.29) is 5.56 Å². The van der Waals surface area contributed by atoms with Crippen molar-refractivity contribution in [2.24, 2.45) is 11.8 Å². The number of amides is 1. The van der Waals surface area contributed by atoms with E-state index in [9.17, 15) is 24.6 Å². The summed E-state index contributed by atoms with van der Waals surface area (Å²) in [5, 5.41) is 24.6. The third kappa shape index (κ3) is 5.01. The van der Waals surface area contributed by atoms with E-state index in [1.807, 2.05) is 30.3 Å². The molecule has 2 atom stereocenters. The Bertz CT molecular complexity index is 939. The molecule has 0 saturated carbocycles. The molecule has 0 aliphatic heterocycles. The summed E-state index contributed by atoms with van der Waals surface area (Å²) in [4.78, 5) is 35.6. The van der Waals surface area contributed by atoms with Gasteiger partial charge >= 0.3 is 11.9 Å². The summed E-state index contributed by atoms with van der Waals surface area (Å²) < 4.78 is 0. The molecule has 1 aliphatic carbocycles. The molecule has 0 unspecified atom stereocenters. The number of benzene rings is 2. The SMILES string of the molecule is O=C(O)c1ccc(NCc2ccccc2)c(NC(=O)[C@H]2CC=CC[C@@H]2C(=O)O)c1. The van der Waals surface area contributed by atoms with E-state index in [2.05, 4.69) is 10.6 Å². The second-order valence-electron chi connectivity index (χ2n) is 6.89. The Morgan fingerprint density at radius 3 is 2.24 bits per heavy atom. The topological polar surface area (TPSA) is 116 Å². The summed E-state index contributed by atoms with van der Waals surface area (Å²) in [6, 6.07) is 14.1. The van der Waals surface area contributed by atoms with E-state index in [1.165, 1.54) is 12.1 Å². The lowest BCUT2D eigenvalue weighted by Gasteiger charge is -2.25. The van der Waals surface area contributed by atoms with Crippen molar-refractivity contribution in [3.05, 3.63) is 71.8 Å². The molecule has 4 N–H and O–H groups in total. The van der Waals surface area contributed by atoms with Crippen molar-refractivity contribution in [1.82, 2.24) is 0 Å². The molecule has 7 nitrogen and oxygen atoms in total. The molecule has 2 aromatic carbocycles. The maximum absolute atomic E-state index is 12.8. The number of hydrogen-bond acceptors (Lipinski definition) is 4. The number of rotatable bonds is 7. The Balaban J connectivity index is 1.82. The van der Waals surface area contributed by atoms with Gasteiger partial charge in [0.05, 0.1) is 28.8 Å². The lowest BCUT2D eigenvalue weighted by Crippen LogP contribution is -2.34. The molecule has 2 aromatic rings. The Morgan fingerprint density at radius 2 is 1.59 bits per heavy atom. The van der Waals surface area contributed by atoms with Crippen LogP contribution < -0.4 is 10.6 Å². The molecule has 1 amide bonds. The first kappa shape index (κ1) is 20.1. The number of hydrogen-bond donors (Lipinski definition) is 4. The highest BCUT2D eigenvalue weighted by atomic mass is 16.4. The molecular formula is C22H22N2O5. The van der Waals surface area contributed by atoms with Crippen LogP contribution >= 0.6 is 0 Å². The van der Waals surface area contributed by atoms with Gasteiger partial charge in [-0.25, -0.2) is 4.79 Å². The van der Waals surface area contributed by atoms with Crippen molar-refractivity contribution in [3.63, 3.8) is 0 Å². The van der Waals surface area contributed by atoms with Gasteiger partial charge < -0.3 is 20.8 Å². The molecule has 0 bridgehead atoms. The first-order chi connectivity index (χ1) is 14.0. The summed E-state index contributed by atoms with van der Waals surface area (Å²) in [5.41, 5.74) is 1.93. The second-order valence-corrected chi connectivity index (χ2v) is 6.89. The van der Waals surface area contributed by atoms with E-state index in [0.717, 1.165) is 5.56 Å². The van der Waals surface area contributed by atoms with E-state index in [0.29, 0.717) is 30.8 Å². The van der Waals surface area contributed by atoms with Crippen LogP contribution in [-0.4, -0.2) is 28.1 Å². The summed E-state index contributed by atoms with van der Waals surface area (Å²) in [6.45, 7) is 0.486. The molecule has 0 fully saturated rings. The molecule has 0 saturated heterocycles. The van der Waals surface area contributed by atoms with Gasteiger partial charge in [-0.05, 0) is 36.6 Å². The normalized spacial score (nSPS) is 18.1. The summed E-state index contributed by atoms with van der Waals surface area (Å²) in [5.74, 6) is -4.08. The average molecular weight is 394 g/mol. The maximum atomic E-state index is 12.8. The quantitative estimate of drug-likeness (QED) is 0.533. The Hall–Kier alpha value is -3.61. The third-order valence-corrected chi connectivity index (χ3v) is 4.94. The minimum Gasteiger partial charge on any atom is -0.481 e. The van der Waals surface area contributed by atoms with Gasteiger partial charge in [0.15, 0.2) is 0 Å². The highest BCUT2D eigenvalue weighted by molar-refractivity contribution is 6.00. The number of carboxylic acid groups (broad SMARTS) is 2. The van der Waals surface area contributed by atoms with Crippen LogP contribution in [-0.2, 0) is 16.1 Å². The monoisotopic (exact) mass is 394 g/mol. The fourth-order valence-electron chi connectivity index (χ4n) is 3.33. The molecule has 150 valence electrons. The fourth-order valence-corrected chi connectivity index (χ4v) is 3.33. The van der Waals surface area contributed by atoms with Gasteiger partial charge in [0.1, 0.15) is 0 Å². The second kappa shape index (κ2) is 9.05.